The highest BCUT2D eigenvalue weighted by atomic mass is 16.8. The van der Waals surface area contributed by atoms with Gasteiger partial charge >= 0.3 is 35.8 Å². The molecule has 0 aliphatic carbocycles. The molecule has 0 N–H and O–H groups in total. The molecule has 3 aliphatic heterocycles. The minimum absolute atomic E-state index is 0.0136. The molecule has 3 heterocycles. The number of hydrogen-bond acceptors (Lipinski definition) is 18. The standard InChI is InChI=1S/C41H50O18/c1-8-32-33(18-31-17-28(48)16-30(57-31)15-27(47)12-9-26-10-13-29(14-11-26)53-22(3)43)34(39(49)50-7)19-52-40(32)59-41-38(56-25(6)46)37(55-24(5)45)36(54-23(4)44)35(58-41)20-51-21(2)42/h8,10-11,13-14,19,30-33,35-38,40-41H,1,9,12,15-18,20H2,2-7H3/t30-,31-,32+,33-,35+,36+,37-,38+,40-,41-/m0/s1. The van der Waals surface area contributed by atoms with E-state index in [0.717, 1.165) is 39.5 Å². The summed E-state index contributed by atoms with van der Waals surface area (Å²) in [6, 6.07) is 6.78. The SMILES string of the molecule is C=C[C@H]1[C@H](O[C@@H]2O[C@H](COC(C)=O)[C@@H](OC(C)=O)[C@H](OC(C)=O)[C@H]2OC(C)=O)OC=C(C(=O)OC)[C@H]1C[C@@H]1CC(=O)C[C@H](CC(=O)CCc2ccc(OC(C)=O)cc2)O1. The smallest absolute Gasteiger partial charge is 0.337 e. The summed E-state index contributed by atoms with van der Waals surface area (Å²) in [6.07, 6.45) is -7.07. The van der Waals surface area contributed by atoms with Crippen LogP contribution in [0, 0.1) is 11.8 Å². The van der Waals surface area contributed by atoms with Crippen molar-refractivity contribution in [3.8, 4) is 5.75 Å². The van der Waals surface area contributed by atoms with E-state index >= 15 is 0 Å². The molecule has 18 nitrogen and oxygen atoms in total. The van der Waals surface area contributed by atoms with Crippen LogP contribution in [0.25, 0.3) is 0 Å². The van der Waals surface area contributed by atoms with E-state index in [9.17, 15) is 38.4 Å². The Balaban J connectivity index is 1.54. The van der Waals surface area contributed by atoms with Crippen LogP contribution in [0.5, 0.6) is 5.75 Å². The van der Waals surface area contributed by atoms with Gasteiger partial charge in [-0.1, -0.05) is 18.2 Å². The number of hydrogen-bond donors (Lipinski definition) is 0. The van der Waals surface area contributed by atoms with E-state index in [1.54, 1.807) is 24.3 Å². The quantitative estimate of drug-likeness (QED) is 0.0951. The molecule has 0 aromatic heterocycles. The topological polar surface area (TPSA) is 229 Å². The number of methoxy groups -OCH3 is 1. The molecule has 2 saturated heterocycles. The van der Waals surface area contributed by atoms with Gasteiger partial charge in [-0.2, -0.15) is 0 Å². The Hall–Kier alpha value is -5.46. The summed E-state index contributed by atoms with van der Waals surface area (Å²) in [7, 11) is 1.18. The molecular formula is C41H50O18. The third-order valence-electron chi connectivity index (χ3n) is 9.56. The molecule has 0 spiro atoms. The van der Waals surface area contributed by atoms with Crippen LogP contribution in [0.4, 0.5) is 0 Å². The van der Waals surface area contributed by atoms with Gasteiger partial charge in [0.2, 0.25) is 12.6 Å². The lowest BCUT2D eigenvalue weighted by Gasteiger charge is -2.46. The van der Waals surface area contributed by atoms with Crippen LogP contribution in [-0.2, 0) is 87.4 Å². The van der Waals surface area contributed by atoms with Crippen molar-refractivity contribution in [2.45, 2.75) is 122 Å². The molecule has 0 radical (unpaired) electrons. The Bertz CT molecular complexity index is 1770. The highest BCUT2D eigenvalue weighted by Crippen LogP contribution is 2.40. The van der Waals surface area contributed by atoms with Crippen molar-refractivity contribution < 1.29 is 85.7 Å². The van der Waals surface area contributed by atoms with E-state index in [0.29, 0.717) is 12.2 Å². The number of ketones is 2. The molecule has 1 aromatic carbocycles. The van der Waals surface area contributed by atoms with Gasteiger partial charge in [-0.25, -0.2) is 4.79 Å². The van der Waals surface area contributed by atoms with E-state index < -0.39 is 103 Å². The summed E-state index contributed by atoms with van der Waals surface area (Å²) < 4.78 is 56.2. The summed E-state index contributed by atoms with van der Waals surface area (Å²) in [5, 5.41) is 0. The van der Waals surface area contributed by atoms with Gasteiger partial charge in [0.05, 0.1) is 31.2 Å². The predicted octanol–water partition coefficient (Wildman–Crippen LogP) is 2.94. The van der Waals surface area contributed by atoms with Crippen LogP contribution in [0.1, 0.15) is 72.3 Å². The molecule has 3 aliphatic rings. The fraction of sp³-hybridized carbons (Fsp3) is 0.561. The highest BCUT2D eigenvalue weighted by molar-refractivity contribution is 5.89. The lowest BCUT2D eigenvalue weighted by Crippen LogP contribution is -2.63. The van der Waals surface area contributed by atoms with E-state index in [-0.39, 0.29) is 49.2 Å². The molecule has 2 fully saturated rings. The maximum Gasteiger partial charge on any atom is 0.337 e. The predicted molar refractivity (Wildman–Crippen MR) is 198 cm³/mol. The Labute approximate surface area is 340 Å². The van der Waals surface area contributed by atoms with Crippen molar-refractivity contribution in [2.24, 2.45) is 11.8 Å². The van der Waals surface area contributed by atoms with Gasteiger partial charge in [-0.05, 0) is 30.5 Å². The summed E-state index contributed by atoms with van der Waals surface area (Å²) in [6.45, 7) is 9.12. The summed E-state index contributed by atoms with van der Waals surface area (Å²) in [5.41, 5.74) is 0.915. The minimum atomic E-state index is -1.62. The van der Waals surface area contributed by atoms with Crippen molar-refractivity contribution in [1.29, 1.82) is 0 Å². The first-order valence-electron chi connectivity index (χ1n) is 19.0. The van der Waals surface area contributed by atoms with Gasteiger partial charge in [-0.3, -0.25) is 33.6 Å². The second-order valence-electron chi connectivity index (χ2n) is 14.2. The first kappa shape index (κ1) is 46.2. The van der Waals surface area contributed by atoms with Crippen molar-refractivity contribution in [1.82, 2.24) is 0 Å². The average Bonchev–Trinajstić information content (AvgIpc) is 3.15. The van der Waals surface area contributed by atoms with Crippen LogP contribution < -0.4 is 4.74 Å². The van der Waals surface area contributed by atoms with Crippen molar-refractivity contribution in [2.75, 3.05) is 13.7 Å². The molecule has 0 amide bonds. The second kappa shape index (κ2) is 21.5. The van der Waals surface area contributed by atoms with E-state index in [4.69, 9.17) is 47.4 Å². The normalized spacial score (nSPS) is 27.8. The van der Waals surface area contributed by atoms with Crippen LogP contribution in [-0.4, -0.2) is 110 Å². The van der Waals surface area contributed by atoms with Crippen LogP contribution >= 0.6 is 0 Å². The molecule has 4 rings (SSSR count). The van der Waals surface area contributed by atoms with E-state index in [1.165, 1.54) is 20.1 Å². The number of Topliss-reactive ketones (excluding diaryl/α,β-unsaturated/α-hetero) is 2. The minimum Gasteiger partial charge on any atom is -0.471 e. The molecule has 59 heavy (non-hydrogen) atoms. The number of rotatable bonds is 17. The van der Waals surface area contributed by atoms with Gasteiger partial charge in [0.15, 0.2) is 18.3 Å². The first-order chi connectivity index (χ1) is 28.0. The maximum atomic E-state index is 13.1. The molecule has 0 unspecified atom stereocenters. The number of carbonyl (C=O) groups is 8. The zero-order valence-corrected chi connectivity index (χ0v) is 33.7. The van der Waals surface area contributed by atoms with E-state index in [2.05, 4.69) is 6.58 Å². The average molecular weight is 831 g/mol. The zero-order chi connectivity index (χ0) is 43.4. The number of carbonyl (C=O) groups excluding carboxylic acids is 8. The molecule has 0 bridgehead atoms. The van der Waals surface area contributed by atoms with Crippen molar-refractivity contribution in [3.05, 3.63) is 54.3 Å². The second-order valence-corrected chi connectivity index (χ2v) is 14.2. The Morgan fingerprint density at radius 1 is 0.780 bits per heavy atom. The lowest BCUT2D eigenvalue weighted by atomic mass is 9.78. The monoisotopic (exact) mass is 830 g/mol. The summed E-state index contributed by atoms with van der Waals surface area (Å²) in [5.74, 6) is -5.98. The third-order valence-corrected chi connectivity index (χ3v) is 9.56. The van der Waals surface area contributed by atoms with Crippen LogP contribution in [0.2, 0.25) is 0 Å². The first-order valence-corrected chi connectivity index (χ1v) is 19.0. The molecule has 322 valence electrons. The van der Waals surface area contributed by atoms with Crippen LogP contribution in [0.15, 0.2) is 48.8 Å². The summed E-state index contributed by atoms with van der Waals surface area (Å²) >= 11 is 0. The molecule has 18 heteroatoms. The summed E-state index contributed by atoms with van der Waals surface area (Å²) in [4.78, 5) is 99.0. The lowest BCUT2D eigenvalue weighted by molar-refractivity contribution is -0.342. The van der Waals surface area contributed by atoms with Gasteiger partial charge in [0, 0.05) is 72.1 Å². The molecule has 0 saturated carbocycles. The number of aryl methyl sites for hydroxylation is 1. The van der Waals surface area contributed by atoms with Crippen molar-refractivity contribution in [3.63, 3.8) is 0 Å². The van der Waals surface area contributed by atoms with E-state index in [1.807, 2.05) is 0 Å². The maximum absolute atomic E-state index is 13.1. The molecule has 1 aromatic rings. The third kappa shape index (κ3) is 13.5. The largest absolute Gasteiger partial charge is 0.471 e. The van der Waals surface area contributed by atoms with Gasteiger partial charge in [-0.15, -0.1) is 6.58 Å². The van der Waals surface area contributed by atoms with Crippen LogP contribution in [0.3, 0.4) is 0 Å². The Morgan fingerprint density at radius 2 is 1.41 bits per heavy atom. The zero-order valence-electron chi connectivity index (χ0n) is 33.7. The number of ether oxygens (including phenoxy) is 10. The van der Waals surface area contributed by atoms with Gasteiger partial charge < -0.3 is 47.4 Å². The number of esters is 6. The van der Waals surface area contributed by atoms with Crippen molar-refractivity contribution >= 4 is 47.4 Å². The van der Waals surface area contributed by atoms with Gasteiger partial charge in [0.25, 0.3) is 0 Å². The van der Waals surface area contributed by atoms with Gasteiger partial charge in [0.1, 0.15) is 30.0 Å². The molecular weight excluding hydrogens is 780 g/mol. The highest BCUT2D eigenvalue weighted by Gasteiger charge is 2.54. The fourth-order valence-corrected chi connectivity index (χ4v) is 7.18. The molecule has 10 atom stereocenters. The fourth-order valence-electron chi connectivity index (χ4n) is 7.18. The Morgan fingerprint density at radius 3 is 2.00 bits per heavy atom. The Kier molecular flexibility index (Phi) is 16.9. The number of benzene rings is 1.